The molecule has 0 aliphatic carbocycles. The molecule has 2 aromatic rings. The van der Waals surface area contributed by atoms with E-state index in [2.05, 4.69) is 24.0 Å². The van der Waals surface area contributed by atoms with Gasteiger partial charge in [0.1, 0.15) is 8.07 Å². The van der Waals surface area contributed by atoms with Crippen molar-refractivity contribution < 1.29 is 4.79 Å². The molecule has 1 aromatic heterocycles. The normalized spacial score (nSPS) is 11.5. The van der Waals surface area contributed by atoms with Crippen LogP contribution in [0, 0.1) is 0 Å². The van der Waals surface area contributed by atoms with Crippen molar-refractivity contribution in [3.8, 4) is 0 Å². The number of carbonyl (C=O) groups is 1. The van der Waals surface area contributed by atoms with Crippen LogP contribution in [0.2, 0.25) is 19.6 Å². The second-order valence-corrected chi connectivity index (χ2v) is 10.8. The van der Waals surface area contributed by atoms with Crippen LogP contribution in [-0.2, 0) is 0 Å². The van der Waals surface area contributed by atoms with Crippen molar-refractivity contribution in [2.75, 3.05) is 0 Å². The highest BCUT2D eigenvalue weighted by Crippen LogP contribution is 2.14. The summed E-state index contributed by atoms with van der Waals surface area (Å²) >= 11 is 1.31. The maximum Gasteiger partial charge on any atom is 0.204 e. The number of aromatic nitrogens is 1. The average molecular weight is 261 g/mol. The topological polar surface area (TPSA) is 30.0 Å². The number of benzene rings is 1. The van der Waals surface area contributed by atoms with Crippen molar-refractivity contribution in [3.05, 3.63) is 46.8 Å². The van der Waals surface area contributed by atoms with Gasteiger partial charge in [0, 0.05) is 10.9 Å². The highest BCUT2D eigenvalue weighted by atomic mass is 32.1. The molecule has 17 heavy (non-hydrogen) atoms. The fourth-order valence-electron chi connectivity index (χ4n) is 1.47. The summed E-state index contributed by atoms with van der Waals surface area (Å²) in [5.41, 5.74) is 0.735. The van der Waals surface area contributed by atoms with Gasteiger partial charge in [0.2, 0.25) is 5.78 Å². The van der Waals surface area contributed by atoms with Gasteiger partial charge in [0.25, 0.3) is 0 Å². The summed E-state index contributed by atoms with van der Waals surface area (Å²) in [7, 11) is -1.41. The maximum absolute atomic E-state index is 12.2. The smallest absolute Gasteiger partial charge is 0.204 e. The first-order valence-electron chi connectivity index (χ1n) is 5.55. The van der Waals surface area contributed by atoms with Gasteiger partial charge < -0.3 is 0 Å². The molecular formula is C13H15NOSSi. The van der Waals surface area contributed by atoms with Crippen LogP contribution < -0.4 is 5.32 Å². The Morgan fingerprint density at radius 2 is 1.82 bits per heavy atom. The molecule has 1 aromatic carbocycles. The molecule has 0 saturated carbocycles. The van der Waals surface area contributed by atoms with Crippen LogP contribution in [0.3, 0.4) is 0 Å². The van der Waals surface area contributed by atoms with Crippen molar-refractivity contribution >= 4 is 30.7 Å². The summed E-state index contributed by atoms with van der Waals surface area (Å²) in [4.78, 5) is 12.9. The third-order valence-corrected chi connectivity index (χ3v) is 5.28. The highest BCUT2D eigenvalue weighted by molar-refractivity contribution is 7.10. The fraction of sp³-hybridized carbons (Fsp3) is 0.231. The molecule has 88 valence electrons. The zero-order valence-corrected chi connectivity index (χ0v) is 12.0. The first-order valence-corrected chi connectivity index (χ1v) is 9.83. The van der Waals surface area contributed by atoms with Gasteiger partial charge in [0.15, 0.2) is 0 Å². The van der Waals surface area contributed by atoms with Gasteiger partial charge in [0.05, 0.1) is 4.88 Å². The average Bonchev–Trinajstić information content (AvgIpc) is 2.78. The molecular weight excluding hydrogens is 246 g/mol. The Hall–Kier alpha value is -1.26. The van der Waals surface area contributed by atoms with Crippen LogP contribution in [0.25, 0.3) is 0 Å². The Morgan fingerprint density at radius 3 is 2.35 bits per heavy atom. The first kappa shape index (κ1) is 12.2. The molecule has 2 nitrogen and oxygen atoms in total. The Labute approximate surface area is 106 Å². The molecule has 0 bridgehead atoms. The van der Waals surface area contributed by atoms with Crippen LogP contribution in [0.15, 0.2) is 36.4 Å². The zero-order valence-electron chi connectivity index (χ0n) is 10.2. The SMILES string of the molecule is C[Si](C)(C)c1cc(C(=O)c2ccccc2)sn1. The quantitative estimate of drug-likeness (QED) is 0.628. The molecule has 0 aliphatic heterocycles. The number of hydrogen-bond donors (Lipinski definition) is 0. The highest BCUT2D eigenvalue weighted by Gasteiger charge is 2.22. The van der Waals surface area contributed by atoms with E-state index in [4.69, 9.17) is 0 Å². The monoisotopic (exact) mass is 261 g/mol. The summed E-state index contributed by atoms with van der Waals surface area (Å²) in [6, 6.07) is 11.3. The zero-order chi connectivity index (χ0) is 12.5. The van der Waals surface area contributed by atoms with Gasteiger partial charge in [-0.05, 0) is 17.6 Å². The van der Waals surface area contributed by atoms with Crippen molar-refractivity contribution in [2.24, 2.45) is 0 Å². The summed E-state index contributed by atoms with van der Waals surface area (Å²) in [5.74, 6) is 0.0765. The van der Waals surface area contributed by atoms with Gasteiger partial charge >= 0.3 is 0 Å². The Balaban J connectivity index is 2.30. The Bertz CT molecular complexity index is 528. The van der Waals surface area contributed by atoms with Gasteiger partial charge in [-0.2, -0.15) is 0 Å². The van der Waals surface area contributed by atoms with E-state index < -0.39 is 8.07 Å². The number of hydrogen-bond acceptors (Lipinski definition) is 3. The predicted octanol–water partition coefficient (Wildman–Crippen LogP) is 2.92. The predicted molar refractivity (Wildman–Crippen MR) is 75.0 cm³/mol. The molecule has 0 fully saturated rings. The minimum atomic E-state index is -1.41. The van der Waals surface area contributed by atoms with Crippen LogP contribution in [0.4, 0.5) is 0 Å². The Kier molecular flexibility index (Phi) is 3.26. The minimum absolute atomic E-state index is 0.0765. The lowest BCUT2D eigenvalue weighted by Gasteiger charge is -2.10. The van der Waals surface area contributed by atoms with E-state index in [1.165, 1.54) is 11.5 Å². The summed E-state index contributed by atoms with van der Waals surface area (Å²) in [5, 5.41) is 1.11. The van der Waals surface area contributed by atoms with E-state index in [0.717, 1.165) is 15.8 Å². The fourth-order valence-corrected chi connectivity index (χ4v) is 4.00. The maximum atomic E-state index is 12.2. The molecule has 0 N–H and O–H groups in total. The van der Waals surface area contributed by atoms with Gasteiger partial charge in [-0.15, -0.1) is 0 Å². The van der Waals surface area contributed by atoms with E-state index in [1.807, 2.05) is 36.4 Å². The van der Waals surface area contributed by atoms with Gasteiger partial charge in [-0.3, -0.25) is 4.79 Å². The summed E-state index contributed by atoms with van der Waals surface area (Å²) in [6.45, 7) is 6.70. The van der Waals surface area contributed by atoms with Crippen molar-refractivity contribution in [1.29, 1.82) is 0 Å². The van der Waals surface area contributed by atoms with Crippen LogP contribution in [-0.4, -0.2) is 18.2 Å². The van der Waals surface area contributed by atoms with E-state index in [9.17, 15) is 4.79 Å². The first-order chi connectivity index (χ1) is 7.98. The van der Waals surface area contributed by atoms with Gasteiger partial charge in [-0.25, -0.2) is 4.37 Å². The third kappa shape index (κ3) is 2.70. The number of ketones is 1. The lowest BCUT2D eigenvalue weighted by atomic mass is 10.1. The molecule has 0 aliphatic rings. The number of nitrogens with zero attached hydrogens (tertiary/aromatic N) is 1. The molecule has 1 heterocycles. The van der Waals surface area contributed by atoms with Crippen LogP contribution >= 0.6 is 11.5 Å². The second kappa shape index (κ2) is 4.54. The molecule has 0 unspecified atom stereocenters. The second-order valence-electron chi connectivity index (χ2n) is 5.02. The van der Waals surface area contributed by atoms with Crippen molar-refractivity contribution in [1.82, 2.24) is 4.37 Å². The molecule has 0 amide bonds. The lowest BCUT2D eigenvalue weighted by molar-refractivity contribution is 0.104. The summed E-state index contributed by atoms with van der Waals surface area (Å²) in [6.07, 6.45) is 0. The Morgan fingerprint density at radius 1 is 1.18 bits per heavy atom. The molecule has 0 saturated heterocycles. The third-order valence-electron chi connectivity index (χ3n) is 2.54. The molecule has 2 rings (SSSR count). The molecule has 4 heteroatoms. The van der Waals surface area contributed by atoms with E-state index >= 15 is 0 Å². The van der Waals surface area contributed by atoms with Crippen LogP contribution in [0.1, 0.15) is 15.2 Å². The van der Waals surface area contributed by atoms with Crippen molar-refractivity contribution in [2.45, 2.75) is 19.6 Å². The summed E-state index contributed by atoms with van der Waals surface area (Å²) < 4.78 is 4.42. The van der Waals surface area contributed by atoms with Gasteiger partial charge in [-0.1, -0.05) is 50.0 Å². The van der Waals surface area contributed by atoms with Crippen molar-refractivity contribution in [3.63, 3.8) is 0 Å². The standard InChI is InChI=1S/C13H15NOSSi/c1-17(2,3)12-9-11(16-14-12)13(15)10-7-5-4-6-8-10/h4-9H,1-3H3. The van der Waals surface area contributed by atoms with E-state index in [0.29, 0.717) is 0 Å². The lowest BCUT2D eigenvalue weighted by Crippen LogP contribution is -2.38. The minimum Gasteiger partial charge on any atom is -0.288 e. The van der Waals surface area contributed by atoms with E-state index in [1.54, 1.807) is 0 Å². The molecule has 0 radical (unpaired) electrons. The van der Waals surface area contributed by atoms with Crippen LogP contribution in [0.5, 0.6) is 0 Å². The largest absolute Gasteiger partial charge is 0.288 e. The number of rotatable bonds is 3. The molecule has 0 spiro atoms. The van der Waals surface area contributed by atoms with E-state index in [-0.39, 0.29) is 5.78 Å². The molecule has 0 atom stereocenters. The number of carbonyl (C=O) groups excluding carboxylic acids is 1.